The van der Waals surface area contributed by atoms with Gasteiger partial charge in [-0.05, 0) is 12.8 Å². The highest BCUT2D eigenvalue weighted by atomic mass is 15.1. The molecule has 86 valence electrons. The normalized spacial score (nSPS) is 25.2. The first-order chi connectivity index (χ1) is 7.81. The molecule has 0 saturated heterocycles. The number of imidazole rings is 1. The van der Waals surface area contributed by atoms with E-state index in [0.29, 0.717) is 6.04 Å². The Morgan fingerprint density at radius 3 is 3.06 bits per heavy atom. The van der Waals surface area contributed by atoms with Crippen molar-refractivity contribution in [3.63, 3.8) is 0 Å². The van der Waals surface area contributed by atoms with Gasteiger partial charge in [-0.15, -0.1) is 0 Å². The lowest BCUT2D eigenvalue weighted by atomic mass is 9.85. The van der Waals surface area contributed by atoms with Gasteiger partial charge in [0.05, 0.1) is 18.5 Å². The number of nitrogens with one attached hydrogen (secondary N) is 1. The zero-order chi connectivity index (χ0) is 11.4. The standard InChI is InChI=1S/C12H18N4/c1-16-7-6-14-12(16)9-15-11-5-3-2-4-10(11)8-13/h6-7,10-11,15H,2-5,9H2,1H3. The monoisotopic (exact) mass is 218 g/mol. The molecule has 0 amide bonds. The minimum Gasteiger partial charge on any atom is -0.337 e. The van der Waals surface area contributed by atoms with Gasteiger partial charge in [-0.25, -0.2) is 4.98 Å². The molecule has 2 atom stereocenters. The number of hydrogen-bond donors (Lipinski definition) is 1. The summed E-state index contributed by atoms with van der Waals surface area (Å²) in [5, 5.41) is 12.5. The summed E-state index contributed by atoms with van der Waals surface area (Å²) < 4.78 is 2.01. The molecular formula is C12H18N4. The van der Waals surface area contributed by atoms with Crippen LogP contribution in [0.3, 0.4) is 0 Å². The van der Waals surface area contributed by atoms with Gasteiger partial charge in [0.2, 0.25) is 0 Å². The van der Waals surface area contributed by atoms with Crippen LogP contribution in [0.25, 0.3) is 0 Å². The Morgan fingerprint density at radius 2 is 2.38 bits per heavy atom. The van der Waals surface area contributed by atoms with Gasteiger partial charge in [-0.2, -0.15) is 5.26 Å². The van der Waals surface area contributed by atoms with Gasteiger partial charge < -0.3 is 9.88 Å². The molecule has 4 heteroatoms. The summed E-state index contributed by atoms with van der Waals surface area (Å²) >= 11 is 0. The Balaban J connectivity index is 1.89. The molecule has 2 unspecified atom stereocenters. The summed E-state index contributed by atoms with van der Waals surface area (Å²) in [5.74, 6) is 1.20. The van der Waals surface area contributed by atoms with Crippen LogP contribution in [0.4, 0.5) is 0 Å². The van der Waals surface area contributed by atoms with Crippen LogP contribution in [0.1, 0.15) is 31.5 Å². The quantitative estimate of drug-likeness (QED) is 0.838. The third kappa shape index (κ3) is 2.42. The average molecular weight is 218 g/mol. The summed E-state index contributed by atoms with van der Waals surface area (Å²) in [4.78, 5) is 4.27. The lowest BCUT2D eigenvalue weighted by Crippen LogP contribution is -2.37. The first-order valence-corrected chi connectivity index (χ1v) is 5.90. The molecule has 0 bridgehead atoms. The van der Waals surface area contributed by atoms with Crippen LogP contribution in [-0.2, 0) is 13.6 Å². The topological polar surface area (TPSA) is 53.6 Å². The van der Waals surface area contributed by atoms with Gasteiger partial charge >= 0.3 is 0 Å². The van der Waals surface area contributed by atoms with Crippen LogP contribution in [0.2, 0.25) is 0 Å². The van der Waals surface area contributed by atoms with Crippen molar-refractivity contribution >= 4 is 0 Å². The fourth-order valence-corrected chi connectivity index (χ4v) is 2.32. The summed E-state index contributed by atoms with van der Waals surface area (Å²) in [5.41, 5.74) is 0. The highest BCUT2D eigenvalue weighted by Gasteiger charge is 2.24. The van der Waals surface area contributed by atoms with Gasteiger partial charge in [-0.3, -0.25) is 0 Å². The predicted molar refractivity (Wildman–Crippen MR) is 61.4 cm³/mol. The second-order valence-corrected chi connectivity index (χ2v) is 4.46. The fourth-order valence-electron chi connectivity index (χ4n) is 2.32. The molecule has 2 rings (SSSR count). The van der Waals surface area contributed by atoms with Crippen LogP contribution >= 0.6 is 0 Å². The molecule has 1 aliphatic rings. The van der Waals surface area contributed by atoms with Crippen molar-refractivity contribution in [1.29, 1.82) is 5.26 Å². The molecule has 1 fully saturated rings. The minimum absolute atomic E-state index is 0.175. The van der Waals surface area contributed by atoms with Crippen LogP contribution < -0.4 is 5.32 Å². The zero-order valence-electron chi connectivity index (χ0n) is 9.69. The molecule has 1 saturated carbocycles. The average Bonchev–Trinajstić information content (AvgIpc) is 2.72. The predicted octanol–water partition coefficient (Wildman–Crippen LogP) is 1.59. The van der Waals surface area contributed by atoms with E-state index in [1.807, 2.05) is 17.8 Å². The molecule has 1 aromatic rings. The number of rotatable bonds is 3. The van der Waals surface area contributed by atoms with Crippen molar-refractivity contribution in [2.45, 2.75) is 38.3 Å². The molecule has 16 heavy (non-hydrogen) atoms. The third-order valence-electron chi connectivity index (χ3n) is 3.38. The highest BCUT2D eigenvalue weighted by Crippen LogP contribution is 2.23. The molecule has 4 nitrogen and oxygen atoms in total. The maximum atomic E-state index is 9.06. The maximum Gasteiger partial charge on any atom is 0.122 e. The molecule has 0 aliphatic heterocycles. The Kier molecular flexibility index (Phi) is 3.58. The Labute approximate surface area is 96.3 Å². The van der Waals surface area contributed by atoms with E-state index < -0.39 is 0 Å². The lowest BCUT2D eigenvalue weighted by Gasteiger charge is -2.27. The largest absolute Gasteiger partial charge is 0.337 e. The fraction of sp³-hybridized carbons (Fsp3) is 0.667. The van der Waals surface area contributed by atoms with E-state index >= 15 is 0 Å². The Bertz CT molecular complexity index is 377. The number of aryl methyl sites for hydroxylation is 1. The molecule has 1 aromatic heterocycles. The van der Waals surface area contributed by atoms with Crippen molar-refractivity contribution in [1.82, 2.24) is 14.9 Å². The minimum atomic E-state index is 0.175. The maximum absolute atomic E-state index is 9.06. The van der Waals surface area contributed by atoms with E-state index in [0.717, 1.165) is 25.2 Å². The van der Waals surface area contributed by atoms with Gasteiger partial charge in [0.15, 0.2) is 0 Å². The number of hydrogen-bond acceptors (Lipinski definition) is 3. The van der Waals surface area contributed by atoms with E-state index in [4.69, 9.17) is 5.26 Å². The van der Waals surface area contributed by atoms with Crippen LogP contribution in [0.15, 0.2) is 12.4 Å². The number of nitrogens with zero attached hydrogens (tertiary/aromatic N) is 3. The van der Waals surface area contributed by atoms with Gasteiger partial charge in [0.1, 0.15) is 5.82 Å². The zero-order valence-corrected chi connectivity index (χ0v) is 9.69. The molecule has 0 spiro atoms. The lowest BCUT2D eigenvalue weighted by molar-refractivity contribution is 0.308. The smallest absolute Gasteiger partial charge is 0.122 e. The SMILES string of the molecule is Cn1ccnc1CNC1CCCCC1C#N. The van der Waals surface area contributed by atoms with E-state index in [2.05, 4.69) is 16.4 Å². The summed E-state index contributed by atoms with van der Waals surface area (Å²) in [7, 11) is 1.99. The van der Waals surface area contributed by atoms with Crippen LogP contribution in [0, 0.1) is 17.2 Å². The third-order valence-corrected chi connectivity index (χ3v) is 3.38. The molecule has 1 heterocycles. The summed E-state index contributed by atoms with van der Waals surface area (Å²) in [6, 6.07) is 2.75. The highest BCUT2D eigenvalue weighted by molar-refractivity contribution is 4.97. The van der Waals surface area contributed by atoms with E-state index in [-0.39, 0.29) is 5.92 Å². The first kappa shape index (κ1) is 11.2. The number of aromatic nitrogens is 2. The van der Waals surface area contributed by atoms with Gasteiger partial charge in [0.25, 0.3) is 0 Å². The molecular weight excluding hydrogens is 200 g/mol. The molecule has 0 radical (unpaired) electrons. The van der Waals surface area contributed by atoms with Crippen molar-refractivity contribution in [3.8, 4) is 6.07 Å². The number of nitriles is 1. The molecule has 1 aliphatic carbocycles. The van der Waals surface area contributed by atoms with Crippen LogP contribution in [-0.4, -0.2) is 15.6 Å². The second kappa shape index (κ2) is 5.13. The van der Waals surface area contributed by atoms with Gasteiger partial charge in [0, 0.05) is 25.5 Å². The van der Waals surface area contributed by atoms with E-state index in [1.165, 1.54) is 12.8 Å². The Hall–Kier alpha value is -1.34. The van der Waals surface area contributed by atoms with E-state index in [9.17, 15) is 0 Å². The van der Waals surface area contributed by atoms with Crippen molar-refractivity contribution in [3.05, 3.63) is 18.2 Å². The second-order valence-electron chi connectivity index (χ2n) is 4.46. The van der Waals surface area contributed by atoms with Crippen molar-refractivity contribution < 1.29 is 0 Å². The molecule has 1 N–H and O–H groups in total. The summed E-state index contributed by atoms with van der Waals surface area (Å²) in [6.07, 6.45) is 8.33. The summed E-state index contributed by atoms with van der Waals surface area (Å²) in [6.45, 7) is 0.756. The first-order valence-electron chi connectivity index (χ1n) is 5.90. The van der Waals surface area contributed by atoms with Crippen molar-refractivity contribution in [2.24, 2.45) is 13.0 Å². The van der Waals surface area contributed by atoms with Crippen LogP contribution in [0.5, 0.6) is 0 Å². The Morgan fingerprint density at radius 1 is 1.56 bits per heavy atom. The molecule has 0 aromatic carbocycles. The van der Waals surface area contributed by atoms with E-state index in [1.54, 1.807) is 6.20 Å². The van der Waals surface area contributed by atoms with Gasteiger partial charge in [-0.1, -0.05) is 12.8 Å². The van der Waals surface area contributed by atoms with Crippen molar-refractivity contribution in [2.75, 3.05) is 0 Å².